The minimum atomic E-state index is 0.466. The molecule has 0 amide bonds. The van der Waals surface area contributed by atoms with Crippen molar-refractivity contribution in [1.82, 2.24) is 5.32 Å². The summed E-state index contributed by atoms with van der Waals surface area (Å²) in [5.74, 6) is 1.67. The molecule has 0 saturated heterocycles. The predicted molar refractivity (Wildman–Crippen MR) is 73.5 cm³/mol. The summed E-state index contributed by atoms with van der Waals surface area (Å²) >= 11 is 0. The van der Waals surface area contributed by atoms with Crippen molar-refractivity contribution in [2.75, 3.05) is 20.8 Å². The Balaban J connectivity index is 2.31. The van der Waals surface area contributed by atoms with Crippen molar-refractivity contribution in [1.29, 1.82) is 0 Å². The minimum Gasteiger partial charge on any atom is -0.493 e. The smallest absolute Gasteiger partial charge is 0.161 e. The van der Waals surface area contributed by atoms with Crippen molar-refractivity contribution in [3.63, 3.8) is 0 Å². The van der Waals surface area contributed by atoms with Crippen LogP contribution in [0.25, 0.3) is 0 Å². The normalized spacial score (nSPS) is 18.3. The molecule has 100 valence electrons. The molecule has 1 aromatic carbocycles. The molecule has 0 fully saturated rings. The largest absolute Gasteiger partial charge is 0.493 e. The molecule has 0 aromatic heterocycles. The molecule has 1 aliphatic rings. The highest BCUT2D eigenvalue weighted by molar-refractivity contribution is 5.49. The molecule has 0 radical (unpaired) electrons. The Morgan fingerprint density at radius 1 is 1.22 bits per heavy atom. The first-order valence-electron chi connectivity index (χ1n) is 6.78. The van der Waals surface area contributed by atoms with Gasteiger partial charge in [0.1, 0.15) is 0 Å². The molecule has 1 aliphatic carbocycles. The lowest BCUT2D eigenvalue weighted by molar-refractivity contribution is 0.351. The Kier molecular flexibility index (Phi) is 4.48. The van der Waals surface area contributed by atoms with Crippen LogP contribution in [0.2, 0.25) is 0 Å². The van der Waals surface area contributed by atoms with Crippen LogP contribution in [0.3, 0.4) is 0 Å². The maximum atomic E-state index is 5.40. The van der Waals surface area contributed by atoms with Crippen LogP contribution < -0.4 is 14.8 Å². The number of hydrogen-bond acceptors (Lipinski definition) is 3. The lowest BCUT2D eigenvalue weighted by atomic mass is 9.87. The van der Waals surface area contributed by atoms with E-state index in [-0.39, 0.29) is 0 Å². The summed E-state index contributed by atoms with van der Waals surface area (Å²) in [4.78, 5) is 0. The van der Waals surface area contributed by atoms with Crippen LogP contribution in [0.4, 0.5) is 0 Å². The van der Waals surface area contributed by atoms with Gasteiger partial charge in [-0.3, -0.25) is 0 Å². The first-order chi connectivity index (χ1) is 8.80. The van der Waals surface area contributed by atoms with Crippen molar-refractivity contribution >= 4 is 0 Å². The van der Waals surface area contributed by atoms with Gasteiger partial charge < -0.3 is 14.8 Å². The highest BCUT2D eigenvalue weighted by Crippen LogP contribution is 2.38. The van der Waals surface area contributed by atoms with Crippen LogP contribution in [-0.4, -0.2) is 20.8 Å². The zero-order valence-corrected chi connectivity index (χ0v) is 11.6. The minimum absolute atomic E-state index is 0.466. The number of nitrogens with one attached hydrogen (secondary N) is 1. The molecular formula is C15H23NO2. The van der Waals surface area contributed by atoms with E-state index in [9.17, 15) is 0 Å². The number of benzene rings is 1. The first kappa shape index (κ1) is 13.2. The summed E-state index contributed by atoms with van der Waals surface area (Å²) in [5, 5.41) is 3.62. The standard InChI is InChI=1S/C15H23NO2/c1-4-8-16-13-7-5-6-11-9-14(17-2)15(18-3)10-12(11)13/h9-10,13,16H,4-8H2,1-3H3. The number of fused-ring (bicyclic) bond motifs is 1. The van der Waals surface area contributed by atoms with Gasteiger partial charge in [0.05, 0.1) is 14.2 Å². The van der Waals surface area contributed by atoms with E-state index >= 15 is 0 Å². The molecule has 3 heteroatoms. The fourth-order valence-corrected chi connectivity index (χ4v) is 2.66. The lowest BCUT2D eigenvalue weighted by Gasteiger charge is -2.27. The van der Waals surface area contributed by atoms with Gasteiger partial charge in [-0.2, -0.15) is 0 Å². The third kappa shape index (κ3) is 2.61. The molecular weight excluding hydrogens is 226 g/mol. The number of methoxy groups -OCH3 is 2. The Morgan fingerprint density at radius 2 is 1.94 bits per heavy atom. The van der Waals surface area contributed by atoms with E-state index in [4.69, 9.17) is 9.47 Å². The zero-order valence-electron chi connectivity index (χ0n) is 11.6. The Bertz CT molecular complexity index is 404. The van der Waals surface area contributed by atoms with E-state index in [1.165, 1.54) is 30.4 Å². The van der Waals surface area contributed by atoms with Crippen LogP contribution in [0.1, 0.15) is 43.4 Å². The van der Waals surface area contributed by atoms with Gasteiger partial charge in [0.15, 0.2) is 11.5 Å². The molecule has 2 rings (SSSR count). The van der Waals surface area contributed by atoms with Crippen molar-refractivity contribution in [2.24, 2.45) is 0 Å². The van der Waals surface area contributed by atoms with E-state index < -0.39 is 0 Å². The topological polar surface area (TPSA) is 30.5 Å². The van der Waals surface area contributed by atoms with E-state index in [1.807, 2.05) is 0 Å². The summed E-state index contributed by atoms with van der Waals surface area (Å²) in [6.45, 7) is 3.27. The molecule has 18 heavy (non-hydrogen) atoms. The molecule has 1 atom stereocenters. The van der Waals surface area contributed by atoms with Gasteiger partial charge in [0.25, 0.3) is 0 Å². The van der Waals surface area contributed by atoms with E-state index in [1.54, 1.807) is 14.2 Å². The summed E-state index contributed by atoms with van der Waals surface area (Å²) < 4.78 is 10.8. The van der Waals surface area contributed by atoms with Crippen molar-refractivity contribution in [3.8, 4) is 11.5 Å². The molecule has 0 aliphatic heterocycles. The average Bonchev–Trinajstić information content (AvgIpc) is 2.43. The number of ether oxygens (including phenoxy) is 2. The van der Waals surface area contributed by atoms with Gasteiger partial charge in [-0.05, 0) is 55.5 Å². The third-order valence-corrected chi connectivity index (χ3v) is 3.60. The summed E-state index contributed by atoms with van der Waals surface area (Å²) in [7, 11) is 3.39. The molecule has 0 heterocycles. The second-order valence-electron chi connectivity index (χ2n) is 4.80. The number of hydrogen-bond donors (Lipinski definition) is 1. The monoisotopic (exact) mass is 249 g/mol. The molecule has 1 N–H and O–H groups in total. The molecule has 1 aromatic rings. The SMILES string of the molecule is CCCNC1CCCc2cc(OC)c(OC)cc21. The number of rotatable bonds is 5. The zero-order chi connectivity index (χ0) is 13.0. The fourth-order valence-electron chi connectivity index (χ4n) is 2.66. The lowest BCUT2D eigenvalue weighted by Crippen LogP contribution is -2.25. The van der Waals surface area contributed by atoms with Gasteiger partial charge in [0, 0.05) is 6.04 Å². The van der Waals surface area contributed by atoms with Crippen LogP contribution in [0, 0.1) is 0 Å². The van der Waals surface area contributed by atoms with Gasteiger partial charge in [0.2, 0.25) is 0 Å². The van der Waals surface area contributed by atoms with Crippen LogP contribution in [0.5, 0.6) is 11.5 Å². The second-order valence-corrected chi connectivity index (χ2v) is 4.80. The molecule has 0 spiro atoms. The predicted octanol–water partition coefficient (Wildman–Crippen LogP) is 3.08. The third-order valence-electron chi connectivity index (χ3n) is 3.60. The number of aryl methyl sites for hydroxylation is 1. The van der Waals surface area contributed by atoms with Crippen molar-refractivity contribution in [2.45, 2.75) is 38.6 Å². The Hall–Kier alpha value is -1.22. The summed E-state index contributed by atoms with van der Waals surface area (Å²) in [5.41, 5.74) is 2.78. The summed E-state index contributed by atoms with van der Waals surface area (Å²) in [6.07, 6.45) is 4.76. The summed E-state index contributed by atoms with van der Waals surface area (Å²) in [6, 6.07) is 4.74. The van der Waals surface area contributed by atoms with E-state index in [0.717, 1.165) is 24.5 Å². The molecule has 0 bridgehead atoms. The van der Waals surface area contributed by atoms with Crippen molar-refractivity contribution in [3.05, 3.63) is 23.3 Å². The molecule has 1 unspecified atom stereocenters. The van der Waals surface area contributed by atoms with Crippen LogP contribution in [0.15, 0.2) is 12.1 Å². The van der Waals surface area contributed by atoms with Gasteiger partial charge >= 0.3 is 0 Å². The maximum absolute atomic E-state index is 5.40. The fraction of sp³-hybridized carbons (Fsp3) is 0.600. The van der Waals surface area contributed by atoms with Gasteiger partial charge in [-0.15, -0.1) is 0 Å². The quantitative estimate of drug-likeness (QED) is 0.870. The average molecular weight is 249 g/mol. The molecule has 0 saturated carbocycles. The van der Waals surface area contributed by atoms with Gasteiger partial charge in [-0.25, -0.2) is 0 Å². The van der Waals surface area contributed by atoms with E-state index in [2.05, 4.69) is 24.4 Å². The van der Waals surface area contributed by atoms with Gasteiger partial charge in [-0.1, -0.05) is 6.92 Å². The van der Waals surface area contributed by atoms with Crippen molar-refractivity contribution < 1.29 is 9.47 Å². The Morgan fingerprint density at radius 3 is 2.61 bits per heavy atom. The Labute approximate surface area is 109 Å². The second kappa shape index (κ2) is 6.10. The highest BCUT2D eigenvalue weighted by Gasteiger charge is 2.22. The van der Waals surface area contributed by atoms with E-state index in [0.29, 0.717) is 6.04 Å². The van der Waals surface area contributed by atoms with Crippen LogP contribution >= 0.6 is 0 Å². The maximum Gasteiger partial charge on any atom is 0.161 e. The highest BCUT2D eigenvalue weighted by atomic mass is 16.5. The first-order valence-corrected chi connectivity index (χ1v) is 6.78. The van der Waals surface area contributed by atoms with Crippen LogP contribution in [-0.2, 0) is 6.42 Å². The molecule has 3 nitrogen and oxygen atoms in total.